The number of nitrogens with two attached hydrogens (primary N) is 1. The van der Waals surface area contributed by atoms with Crippen LogP contribution in [0.1, 0.15) is 72.1 Å². The van der Waals surface area contributed by atoms with Crippen LogP contribution in [0.15, 0.2) is 12.1 Å². The highest BCUT2D eigenvalue weighted by molar-refractivity contribution is 6.00. The van der Waals surface area contributed by atoms with E-state index in [1.165, 1.54) is 12.1 Å². The van der Waals surface area contributed by atoms with E-state index < -0.39 is 11.7 Å². The Morgan fingerprint density at radius 2 is 2.03 bits per heavy atom. The first kappa shape index (κ1) is 21.5. The lowest BCUT2D eigenvalue weighted by Crippen LogP contribution is -2.30. The van der Waals surface area contributed by atoms with Gasteiger partial charge in [0.1, 0.15) is 5.69 Å². The summed E-state index contributed by atoms with van der Waals surface area (Å²) < 4.78 is 22.8. The van der Waals surface area contributed by atoms with E-state index in [2.05, 4.69) is 10.4 Å². The number of amides is 1. The van der Waals surface area contributed by atoms with Crippen LogP contribution in [0, 0.1) is 11.2 Å². The molecule has 1 aromatic carbocycles. The standard InChI is InChI=1S/C23H29FN4O3/c1-4-15-19-17(11-23(2,3)12-18(19)29)28(27-15)16-6-5-14(22(25)30)21(20(16)24)26-13-7-9-31-10-8-13/h5-6,13,26H,4,7-12H2,1-3H3,(H2,25,30). The highest BCUT2D eigenvalue weighted by Gasteiger charge is 2.37. The first-order chi connectivity index (χ1) is 14.7. The lowest BCUT2D eigenvalue weighted by Gasteiger charge is -2.29. The second-order valence-electron chi connectivity index (χ2n) is 9.19. The Morgan fingerprint density at radius 1 is 1.32 bits per heavy atom. The van der Waals surface area contributed by atoms with Gasteiger partial charge in [-0.05, 0) is 43.2 Å². The maximum absolute atomic E-state index is 15.9. The highest BCUT2D eigenvalue weighted by atomic mass is 19.1. The molecule has 1 aromatic heterocycles. The number of primary amides is 1. The van der Waals surface area contributed by atoms with Gasteiger partial charge in [-0.3, -0.25) is 9.59 Å². The van der Waals surface area contributed by atoms with Crippen molar-refractivity contribution in [3.8, 4) is 5.69 Å². The van der Waals surface area contributed by atoms with E-state index in [9.17, 15) is 9.59 Å². The van der Waals surface area contributed by atoms with Crippen molar-refractivity contribution in [1.82, 2.24) is 9.78 Å². The molecular formula is C23H29FN4O3. The number of benzene rings is 1. The number of nitrogens with one attached hydrogen (secondary N) is 1. The molecule has 0 saturated carbocycles. The zero-order valence-electron chi connectivity index (χ0n) is 18.3. The second-order valence-corrected chi connectivity index (χ2v) is 9.19. The van der Waals surface area contributed by atoms with Gasteiger partial charge in [0.15, 0.2) is 11.6 Å². The van der Waals surface area contributed by atoms with Gasteiger partial charge in [0.05, 0.1) is 28.2 Å². The predicted octanol–water partition coefficient (Wildman–Crippen LogP) is 3.42. The minimum absolute atomic E-state index is 0.0187. The van der Waals surface area contributed by atoms with Crippen LogP contribution in [0.25, 0.3) is 5.69 Å². The molecular weight excluding hydrogens is 399 g/mol. The van der Waals surface area contributed by atoms with Crippen molar-refractivity contribution in [3.05, 3.63) is 40.5 Å². The van der Waals surface area contributed by atoms with Crippen LogP contribution in [0.5, 0.6) is 0 Å². The molecule has 8 heteroatoms. The number of ether oxygens (including phenoxy) is 1. The normalized spacial score (nSPS) is 18.6. The van der Waals surface area contributed by atoms with Gasteiger partial charge in [-0.2, -0.15) is 5.10 Å². The fraction of sp³-hybridized carbons (Fsp3) is 0.522. The molecule has 0 bridgehead atoms. The van der Waals surface area contributed by atoms with Crippen LogP contribution < -0.4 is 11.1 Å². The summed E-state index contributed by atoms with van der Waals surface area (Å²) in [5.74, 6) is -1.25. The number of fused-ring (bicyclic) bond motifs is 1. The number of carbonyl (C=O) groups is 2. The molecule has 1 amide bonds. The summed E-state index contributed by atoms with van der Waals surface area (Å²) in [4.78, 5) is 24.8. The highest BCUT2D eigenvalue weighted by Crippen LogP contribution is 2.38. The Kier molecular flexibility index (Phi) is 5.60. The zero-order chi connectivity index (χ0) is 22.3. The van der Waals surface area contributed by atoms with Crippen molar-refractivity contribution in [1.29, 1.82) is 0 Å². The summed E-state index contributed by atoms with van der Waals surface area (Å²) >= 11 is 0. The number of aryl methyl sites for hydroxylation is 1. The molecule has 2 aliphatic rings. The molecule has 1 saturated heterocycles. The summed E-state index contributed by atoms with van der Waals surface area (Å²) in [6, 6.07) is 3.02. The lowest BCUT2D eigenvalue weighted by molar-refractivity contribution is 0.0901. The first-order valence-electron chi connectivity index (χ1n) is 10.8. The summed E-state index contributed by atoms with van der Waals surface area (Å²) in [6.07, 6.45) is 3.05. The van der Waals surface area contributed by atoms with Crippen LogP contribution in [0.3, 0.4) is 0 Å². The molecule has 1 fully saturated rings. The molecule has 31 heavy (non-hydrogen) atoms. The Hall–Kier alpha value is -2.74. The van der Waals surface area contributed by atoms with E-state index >= 15 is 4.39 Å². The maximum Gasteiger partial charge on any atom is 0.250 e. The average molecular weight is 429 g/mol. The van der Waals surface area contributed by atoms with E-state index in [-0.39, 0.29) is 34.2 Å². The number of anilines is 1. The largest absolute Gasteiger partial charge is 0.381 e. The fourth-order valence-corrected chi connectivity index (χ4v) is 4.60. The summed E-state index contributed by atoms with van der Waals surface area (Å²) in [6.45, 7) is 7.15. The maximum atomic E-state index is 15.9. The third-order valence-electron chi connectivity index (χ3n) is 6.14. The number of halogens is 1. The molecule has 0 atom stereocenters. The van der Waals surface area contributed by atoms with Gasteiger partial charge in [0, 0.05) is 25.7 Å². The molecule has 2 heterocycles. The molecule has 4 rings (SSSR count). The SMILES string of the molecule is CCc1nn(-c2ccc(C(N)=O)c(NC3CCOCC3)c2F)c2c1C(=O)CC(C)(C)C2. The Balaban J connectivity index is 1.85. The first-order valence-corrected chi connectivity index (χ1v) is 10.8. The predicted molar refractivity (Wildman–Crippen MR) is 115 cm³/mol. The molecule has 0 spiro atoms. The van der Waals surface area contributed by atoms with Crippen molar-refractivity contribution in [3.63, 3.8) is 0 Å². The van der Waals surface area contributed by atoms with Crippen molar-refractivity contribution in [2.45, 2.75) is 58.9 Å². The number of aromatic nitrogens is 2. The van der Waals surface area contributed by atoms with E-state index in [1.54, 1.807) is 4.68 Å². The number of hydrogen-bond donors (Lipinski definition) is 2. The van der Waals surface area contributed by atoms with Gasteiger partial charge in [-0.1, -0.05) is 20.8 Å². The third kappa shape index (κ3) is 3.96. The monoisotopic (exact) mass is 428 g/mol. The van der Waals surface area contributed by atoms with E-state index in [0.717, 1.165) is 5.69 Å². The van der Waals surface area contributed by atoms with Gasteiger partial charge < -0.3 is 15.8 Å². The zero-order valence-corrected chi connectivity index (χ0v) is 18.3. The number of Topliss-reactive ketones (excluding diaryl/α,β-unsaturated/α-hetero) is 1. The number of carbonyl (C=O) groups excluding carboxylic acids is 2. The third-order valence-corrected chi connectivity index (χ3v) is 6.14. The Bertz CT molecular complexity index is 1040. The molecule has 0 radical (unpaired) electrons. The van der Waals surface area contributed by atoms with Gasteiger partial charge >= 0.3 is 0 Å². The van der Waals surface area contributed by atoms with Crippen LogP contribution >= 0.6 is 0 Å². The molecule has 2 aromatic rings. The number of ketones is 1. The Labute approximate surface area is 181 Å². The molecule has 3 N–H and O–H groups in total. The summed E-state index contributed by atoms with van der Waals surface area (Å²) in [5.41, 5.74) is 7.69. The average Bonchev–Trinajstić information content (AvgIpc) is 3.07. The van der Waals surface area contributed by atoms with Crippen molar-refractivity contribution >= 4 is 17.4 Å². The lowest BCUT2D eigenvalue weighted by atomic mass is 9.75. The molecule has 7 nitrogen and oxygen atoms in total. The van der Waals surface area contributed by atoms with Gasteiger partial charge in [0.2, 0.25) is 0 Å². The molecule has 1 aliphatic heterocycles. The summed E-state index contributed by atoms with van der Waals surface area (Å²) in [7, 11) is 0. The van der Waals surface area contributed by atoms with Crippen LogP contribution in [0.2, 0.25) is 0 Å². The van der Waals surface area contributed by atoms with E-state index in [0.29, 0.717) is 56.6 Å². The molecule has 0 unspecified atom stereocenters. The van der Waals surface area contributed by atoms with Crippen LogP contribution in [-0.4, -0.2) is 40.7 Å². The Morgan fingerprint density at radius 3 is 2.68 bits per heavy atom. The number of rotatable bonds is 5. The van der Waals surface area contributed by atoms with E-state index in [1.807, 2.05) is 20.8 Å². The number of hydrogen-bond acceptors (Lipinski definition) is 5. The minimum Gasteiger partial charge on any atom is -0.381 e. The smallest absolute Gasteiger partial charge is 0.250 e. The van der Waals surface area contributed by atoms with Crippen molar-refractivity contribution in [2.75, 3.05) is 18.5 Å². The van der Waals surface area contributed by atoms with Gasteiger partial charge in [0.25, 0.3) is 5.91 Å². The fourth-order valence-electron chi connectivity index (χ4n) is 4.60. The van der Waals surface area contributed by atoms with E-state index in [4.69, 9.17) is 10.5 Å². The quantitative estimate of drug-likeness (QED) is 0.760. The van der Waals surface area contributed by atoms with Crippen LogP contribution in [-0.2, 0) is 17.6 Å². The van der Waals surface area contributed by atoms with Gasteiger partial charge in [-0.25, -0.2) is 9.07 Å². The molecule has 1 aliphatic carbocycles. The van der Waals surface area contributed by atoms with Crippen LogP contribution in [0.4, 0.5) is 10.1 Å². The summed E-state index contributed by atoms with van der Waals surface area (Å²) in [5, 5.41) is 7.78. The van der Waals surface area contributed by atoms with Crippen molar-refractivity contribution in [2.24, 2.45) is 11.1 Å². The molecule has 166 valence electrons. The van der Waals surface area contributed by atoms with Gasteiger partial charge in [-0.15, -0.1) is 0 Å². The minimum atomic E-state index is -0.701. The topological polar surface area (TPSA) is 99.2 Å². The second kappa shape index (κ2) is 8.07. The number of nitrogens with zero attached hydrogens (tertiary/aromatic N) is 2. The van der Waals surface area contributed by atoms with Crippen molar-refractivity contribution < 1.29 is 18.7 Å².